The first-order chi connectivity index (χ1) is 14.2. The molecule has 0 aromatic heterocycles. The summed E-state index contributed by atoms with van der Waals surface area (Å²) in [7, 11) is 0. The zero-order valence-corrected chi connectivity index (χ0v) is 15.7. The predicted molar refractivity (Wildman–Crippen MR) is 118 cm³/mol. The Morgan fingerprint density at radius 1 is 0.586 bits per heavy atom. The Morgan fingerprint density at radius 2 is 1.10 bits per heavy atom. The van der Waals surface area contributed by atoms with Gasteiger partial charge in [0.15, 0.2) is 0 Å². The molecule has 4 aromatic rings. The number of carbonyl (C=O) groups is 1. The lowest BCUT2D eigenvalue weighted by molar-refractivity contribution is 0.262. The van der Waals surface area contributed by atoms with Crippen LogP contribution >= 0.6 is 0 Å². The molecular formula is C25H20N2O2. The highest BCUT2D eigenvalue weighted by molar-refractivity contribution is 6.01. The summed E-state index contributed by atoms with van der Waals surface area (Å²) in [4.78, 5) is 12.4. The van der Waals surface area contributed by atoms with Crippen molar-refractivity contribution in [2.24, 2.45) is 0 Å². The molecule has 29 heavy (non-hydrogen) atoms. The summed E-state index contributed by atoms with van der Waals surface area (Å²) < 4.78 is 0. The number of hydrogen-bond donors (Lipinski definition) is 3. The predicted octanol–water partition coefficient (Wildman–Crippen LogP) is 6.37. The van der Waals surface area contributed by atoms with Crippen molar-refractivity contribution in [1.82, 2.24) is 0 Å². The van der Waals surface area contributed by atoms with Gasteiger partial charge >= 0.3 is 6.03 Å². The Balaban J connectivity index is 1.46. The zero-order valence-electron chi connectivity index (χ0n) is 15.7. The Kier molecular flexibility index (Phi) is 5.25. The molecule has 0 atom stereocenters. The van der Waals surface area contributed by atoms with Gasteiger partial charge in [0.05, 0.1) is 5.69 Å². The number of aromatic hydroxyl groups is 1. The average Bonchev–Trinajstić information content (AvgIpc) is 2.77. The minimum Gasteiger partial charge on any atom is -0.506 e. The van der Waals surface area contributed by atoms with Crippen molar-refractivity contribution in [1.29, 1.82) is 0 Å². The van der Waals surface area contributed by atoms with E-state index in [1.165, 1.54) is 0 Å². The van der Waals surface area contributed by atoms with Crippen LogP contribution in [0, 0.1) is 0 Å². The van der Waals surface area contributed by atoms with Crippen LogP contribution < -0.4 is 10.6 Å². The lowest BCUT2D eigenvalue weighted by atomic mass is 10.0. The quantitative estimate of drug-likeness (QED) is 0.360. The molecule has 4 aromatic carbocycles. The first kappa shape index (κ1) is 18.3. The van der Waals surface area contributed by atoms with E-state index >= 15 is 0 Å². The van der Waals surface area contributed by atoms with Gasteiger partial charge in [-0.05, 0) is 46.5 Å². The van der Waals surface area contributed by atoms with Crippen LogP contribution in [0.5, 0.6) is 5.75 Å². The number of carbonyl (C=O) groups excluding carboxylic acids is 1. The highest BCUT2D eigenvalue weighted by atomic mass is 16.3. The molecule has 0 saturated carbocycles. The van der Waals surface area contributed by atoms with Crippen molar-refractivity contribution in [3.05, 3.63) is 103 Å². The fraction of sp³-hybridized carbons (Fsp3) is 0. The number of anilines is 2. The maximum atomic E-state index is 12.4. The smallest absolute Gasteiger partial charge is 0.323 e. The normalized spacial score (nSPS) is 10.3. The van der Waals surface area contributed by atoms with Crippen molar-refractivity contribution in [2.45, 2.75) is 0 Å². The third-order valence-electron chi connectivity index (χ3n) is 4.60. The number of rotatable bonds is 4. The van der Waals surface area contributed by atoms with Gasteiger partial charge < -0.3 is 15.7 Å². The van der Waals surface area contributed by atoms with Crippen molar-refractivity contribution in [2.75, 3.05) is 10.6 Å². The van der Waals surface area contributed by atoms with E-state index in [1.54, 1.807) is 12.1 Å². The van der Waals surface area contributed by atoms with Crippen molar-refractivity contribution in [3.8, 4) is 28.0 Å². The van der Waals surface area contributed by atoms with Gasteiger partial charge in [0.1, 0.15) is 5.75 Å². The van der Waals surface area contributed by atoms with Crippen molar-refractivity contribution in [3.63, 3.8) is 0 Å². The molecular weight excluding hydrogens is 360 g/mol. The third kappa shape index (κ3) is 4.45. The summed E-state index contributed by atoms with van der Waals surface area (Å²) in [5.41, 5.74) is 5.12. The van der Waals surface area contributed by atoms with E-state index < -0.39 is 6.03 Å². The van der Waals surface area contributed by atoms with Crippen LogP contribution in [0.25, 0.3) is 22.3 Å². The molecule has 0 radical (unpaired) electrons. The van der Waals surface area contributed by atoms with E-state index in [0.717, 1.165) is 22.3 Å². The summed E-state index contributed by atoms with van der Waals surface area (Å²) in [6.07, 6.45) is 0. The van der Waals surface area contributed by atoms with E-state index in [2.05, 4.69) is 10.6 Å². The van der Waals surface area contributed by atoms with Gasteiger partial charge in [-0.25, -0.2) is 4.79 Å². The van der Waals surface area contributed by atoms with E-state index in [1.807, 2.05) is 91.0 Å². The molecule has 4 rings (SSSR count). The van der Waals surface area contributed by atoms with E-state index in [9.17, 15) is 9.90 Å². The molecule has 2 amide bonds. The van der Waals surface area contributed by atoms with Crippen LogP contribution in [0.3, 0.4) is 0 Å². The van der Waals surface area contributed by atoms with Gasteiger partial charge in [0.25, 0.3) is 0 Å². The summed E-state index contributed by atoms with van der Waals surface area (Å²) in [5.74, 6) is 0.0132. The lowest BCUT2D eigenvalue weighted by Crippen LogP contribution is -2.19. The van der Waals surface area contributed by atoms with Gasteiger partial charge in [-0.3, -0.25) is 0 Å². The molecule has 0 aliphatic rings. The summed E-state index contributed by atoms with van der Waals surface area (Å²) in [6.45, 7) is 0. The topological polar surface area (TPSA) is 61.4 Å². The number of phenolic OH excluding ortho intramolecular Hbond substituents is 1. The van der Waals surface area contributed by atoms with Crippen LogP contribution in [0.4, 0.5) is 16.2 Å². The number of hydrogen-bond acceptors (Lipinski definition) is 2. The maximum Gasteiger partial charge on any atom is 0.323 e. The van der Waals surface area contributed by atoms with Crippen LogP contribution in [0.2, 0.25) is 0 Å². The highest BCUT2D eigenvalue weighted by Crippen LogP contribution is 2.30. The highest BCUT2D eigenvalue weighted by Gasteiger charge is 2.09. The molecule has 0 spiro atoms. The summed E-state index contributed by atoms with van der Waals surface area (Å²) in [6, 6.07) is 32.2. The minimum absolute atomic E-state index is 0.0132. The molecule has 4 nitrogen and oxygen atoms in total. The number of amides is 2. The number of phenols is 1. The van der Waals surface area contributed by atoms with Crippen LogP contribution in [0.1, 0.15) is 0 Å². The van der Waals surface area contributed by atoms with Crippen LogP contribution in [-0.2, 0) is 0 Å². The standard InChI is InChI=1S/C25H20N2O2/c28-24-16-13-21(19-9-5-2-6-10-19)17-23(24)27-25(29)26-22-14-11-20(12-15-22)18-7-3-1-4-8-18/h1-17,28H,(H2,26,27,29). The second-order valence-electron chi connectivity index (χ2n) is 6.62. The number of nitrogens with one attached hydrogen (secondary N) is 2. The monoisotopic (exact) mass is 380 g/mol. The fourth-order valence-corrected chi connectivity index (χ4v) is 3.11. The molecule has 3 N–H and O–H groups in total. The largest absolute Gasteiger partial charge is 0.506 e. The van der Waals surface area contributed by atoms with E-state index in [0.29, 0.717) is 11.4 Å². The molecule has 0 saturated heterocycles. The van der Waals surface area contributed by atoms with Gasteiger partial charge in [0.2, 0.25) is 0 Å². The molecule has 0 aliphatic carbocycles. The van der Waals surface area contributed by atoms with Gasteiger partial charge in [-0.2, -0.15) is 0 Å². The summed E-state index contributed by atoms with van der Waals surface area (Å²) in [5, 5.41) is 15.6. The Labute approximate surface area is 169 Å². The Morgan fingerprint density at radius 3 is 1.72 bits per heavy atom. The molecule has 0 fully saturated rings. The molecule has 4 heteroatoms. The Bertz CT molecular complexity index is 1110. The van der Waals surface area contributed by atoms with Gasteiger partial charge in [-0.1, -0.05) is 78.9 Å². The van der Waals surface area contributed by atoms with Crippen molar-refractivity contribution >= 4 is 17.4 Å². The molecule has 0 heterocycles. The molecule has 0 unspecified atom stereocenters. The summed E-state index contributed by atoms with van der Waals surface area (Å²) >= 11 is 0. The Hall–Kier alpha value is -4.05. The second kappa shape index (κ2) is 8.31. The van der Waals surface area contributed by atoms with Gasteiger partial charge in [0, 0.05) is 5.69 Å². The van der Waals surface area contributed by atoms with E-state index in [-0.39, 0.29) is 5.75 Å². The molecule has 0 bridgehead atoms. The molecule has 0 aliphatic heterocycles. The van der Waals surface area contributed by atoms with Crippen LogP contribution in [-0.4, -0.2) is 11.1 Å². The number of benzene rings is 4. The molecule has 142 valence electrons. The lowest BCUT2D eigenvalue weighted by Gasteiger charge is -2.11. The second-order valence-corrected chi connectivity index (χ2v) is 6.62. The minimum atomic E-state index is -0.419. The van der Waals surface area contributed by atoms with Crippen LogP contribution in [0.15, 0.2) is 103 Å². The van der Waals surface area contributed by atoms with E-state index in [4.69, 9.17) is 0 Å². The third-order valence-corrected chi connectivity index (χ3v) is 4.60. The maximum absolute atomic E-state index is 12.4. The average molecular weight is 380 g/mol. The zero-order chi connectivity index (χ0) is 20.1. The number of urea groups is 1. The van der Waals surface area contributed by atoms with Gasteiger partial charge in [-0.15, -0.1) is 0 Å². The fourth-order valence-electron chi connectivity index (χ4n) is 3.11. The first-order valence-electron chi connectivity index (χ1n) is 9.31. The first-order valence-corrected chi connectivity index (χ1v) is 9.31. The van der Waals surface area contributed by atoms with Crippen molar-refractivity contribution < 1.29 is 9.90 Å². The SMILES string of the molecule is O=C(Nc1ccc(-c2ccccc2)cc1)Nc1cc(-c2ccccc2)ccc1O.